The molecule has 0 radical (unpaired) electrons. The Bertz CT molecular complexity index is 712. The van der Waals surface area contributed by atoms with E-state index in [4.69, 9.17) is 4.42 Å². The number of carbonyl (C=O) groups excluding carboxylic acids is 1. The van der Waals surface area contributed by atoms with E-state index in [9.17, 15) is 9.90 Å². The third kappa shape index (κ3) is 3.66. The van der Waals surface area contributed by atoms with Crippen LogP contribution in [0.5, 0.6) is 0 Å². The summed E-state index contributed by atoms with van der Waals surface area (Å²) in [5, 5.41) is 13.1. The molecular weight excluding hydrogens is 320 g/mol. The number of carbonyl (C=O) groups is 1. The number of likely N-dealkylation sites (tertiary alicyclic amines) is 1. The van der Waals surface area contributed by atoms with E-state index in [0.29, 0.717) is 30.3 Å². The number of nitrogens with one attached hydrogen (secondary N) is 1. The topological polar surface area (TPSA) is 91.5 Å². The van der Waals surface area contributed by atoms with Gasteiger partial charge in [-0.15, -0.1) is 0 Å². The van der Waals surface area contributed by atoms with Crippen LogP contribution in [-0.2, 0) is 0 Å². The molecule has 2 amide bonds. The lowest BCUT2D eigenvalue weighted by molar-refractivity contribution is 0.110. The Morgan fingerprint density at radius 1 is 1.36 bits per heavy atom. The maximum Gasteiger partial charge on any atom is 0.322 e. The molecule has 2 N–H and O–H groups in total. The third-order valence-electron chi connectivity index (χ3n) is 4.87. The average molecular weight is 342 g/mol. The van der Waals surface area contributed by atoms with Crippen LogP contribution in [0.2, 0.25) is 0 Å². The van der Waals surface area contributed by atoms with E-state index in [1.54, 1.807) is 35.7 Å². The molecular formula is C18H22N4O3. The Morgan fingerprint density at radius 2 is 2.16 bits per heavy atom. The Kier molecular flexibility index (Phi) is 4.40. The number of amides is 2. The molecule has 1 saturated heterocycles. The van der Waals surface area contributed by atoms with Crippen molar-refractivity contribution in [1.82, 2.24) is 14.9 Å². The number of aliphatic hydroxyl groups excluding tert-OH is 1. The number of urea groups is 1. The van der Waals surface area contributed by atoms with Crippen LogP contribution >= 0.6 is 0 Å². The number of anilines is 1. The lowest BCUT2D eigenvalue weighted by Crippen LogP contribution is -2.39. The van der Waals surface area contributed by atoms with Gasteiger partial charge in [-0.1, -0.05) is 0 Å². The molecule has 4 rings (SSSR count). The number of aliphatic hydroxyl groups is 1. The lowest BCUT2D eigenvalue weighted by atomic mass is 10.1. The fourth-order valence-electron chi connectivity index (χ4n) is 3.35. The van der Waals surface area contributed by atoms with Crippen molar-refractivity contribution in [2.75, 3.05) is 11.9 Å². The summed E-state index contributed by atoms with van der Waals surface area (Å²) in [4.78, 5) is 23.0. The summed E-state index contributed by atoms with van der Waals surface area (Å²) in [5.74, 6) is 1.89. The van der Waals surface area contributed by atoms with E-state index in [1.807, 2.05) is 0 Å². The van der Waals surface area contributed by atoms with Gasteiger partial charge in [-0.25, -0.2) is 14.8 Å². The molecule has 2 fully saturated rings. The fourth-order valence-corrected chi connectivity index (χ4v) is 3.35. The van der Waals surface area contributed by atoms with Gasteiger partial charge < -0.3 is 19.7 Å². The van der Waals surface area contributed by atoms with Gasteiger partial charge in [0.05, 0.1) is 24.3 Å². The van der Waals surface area contributed by atoms with Crippen LogP contribution in [0.15, 0.2) is 35.2 Å². The molecule has 1 aliphatic carbocycles. The molecule has 7 nitrogen and oxygen atoms in total. The highest BCUT2D eigenvalue weighted by Crippen LogP contribution is 2.37. The van der Waals surface area contributed by atoms with Gasteiger partial charge in [-0.2, -0.15) is 0 Å². The second kappa shape index (κ2) is 6.84. The first-order valence-electron chi connectivity index (χ1n) is 8.82. The third-order valence-corrected chi connectivity index (χ3v) is 4.87. The highest BCUT2D eigenvalue weighted by atomic mass is 16.4. The molecule has 7 heteroatoms. The van der Waals surface area contributed by atoms with Gasteiger partial charge in [0.25, 0.3) is 0 Å². The predicted molar refractivity (Wildman–Crippen MR) is 91.0 cm³/mol. The van der Waals surface area contributed by atoms with Crippen LogP contribution in [0.25, 0.3) is 0 Å². The number of rotatable bonds is 5. The summed E-state index contributed by atoms with van der Waals surface area (Å²) in [7, 11) is 0. The van der Waals surface area contributed by atoms with Crippen molar-refractivity contribution in [3.05, 3.63) is 42.4 Å². The number of hydrogen-bond acceptors (Lipinski definition) is 5. The number of aromatic nitrogens is 2. The molecule has 2 atom stereocenters. The van der Waals surface area contributed by atoms with Crippen LogP contribution < -0.4 is 5.32 Å². The Balaban J connectivity index is 1.36. The SMILES string of the molecule is O=C(Nc1cnc(C2CC2)nc1)N1CCC[C@H]1C[C@@H](O)c1ccco1. The fraction of sp³-hybridized carbons (Fsp3) is 0.500. The zero-order chi connectivity index (χ0) is 17.2. The Morgan fingerprint density at radius 3 is 2.84 bits per heavy atom. The zero-order valence-electron chi connectivity index (χ0n) is 14.0. The Hall–Kier alpha value is -2.41. The molecule has 25 heavy (non-hydrogen) atoms. The maximum absolute atomic E-state index is 12.6. The molecule has 0 aromatic carbocycles. The normalized spacial score (nSPS) is 21.3. The van der Waals surface area contributed by atoms with Crippen molar-refractivity contribution in [3.8, 4) is 0 Å². The van der Waals surface area contributed by atoms with Crippen LogP contribution in [0.3, 0.4) is 0 Å². The van der Waals surface area contributed by atoms with Crippen LogP contribution in [-0.4, -0.2) is 38.6 Å². The van der Waals surface area contributed by atoms with Crippen molar-refractivity contribution in [2.45, 2.75) is 50.2 Å². The monoisotopic (exact) mass is 342 g/mol. The molecule has 1 saturated carbocycles. The summed E-state index contributed by atoms with van der Waals surface area (Å²) < 4.78 is 5.25. The molecule has 0 unspecified atom stereocenters. The van der Waals surface area contributed by atoms with Crippen molar-refractivity contribution in [3.63, 3.8) is 0 Å². The van der Waals surface area contributed by atoms with Crippen LogP contribution in [0.4, 0.5) is 10.5 Å². The van der Waals surface area contributed by atoms with Gasteiger partial charge in [0.2, 0.25) is 0 Å². The summed E-state index contributed by atoms with van der Waals surface area (Å²) in [5.41, 5.74) is 0.603. The van der Waals surface area contributed by atoms with Crippen molar-refractivity contribution in [2.24, 2.45) is 0 Å². The smallest absolute Gasteiger partial charge is 0.322 e. The summed E-state index contributed by atoms with van der Waals surface area (Å²) in [6, 6.07) is 3.33. The van der Waals surface area contributed by atoms with E-state index in [2.05, 4.69) is 15.3 Å². The highest BCUT2D eigenvalue weighted by Gasteiger charge is 2.31. The van der Waals surface area contributed by atoms with Crippen LogP contribution in [0.1, 0.15) is 55.7 Å². The standard InChI is InChI=1S/C18H22N4O3/c23-15(16-4-2-8-25-16)9-14-3-1-7-22(14)18(24)21-13-10-19-17(20-11-13)12-5-6-12/h2,4,8,10-12,14-15,23H,1,3,5-7,9H2,(H,21,24)/t14-,15+/m0/s1. The van der Waals surface area contributed by atoms with Crippen molar-refractivity contribution < 1.29 is 14.3 Å². The van der Waals surface area contributed by atoms with Gasteiger partial charge in [-0.05, 0) is 37.8 Å². The second-order valence-electron chi connectivity index (χ2n) is 6.79. The summed E-state index contributed by atoms with van der Waals surface area (Å²) >= 11 is 0. The second-order valence-corrected chi connectivity index (χ2v) is 6.79. The Labute approximate surface area is 146 Å². The summed E-state index contributed by atoms with van der Waals surface area (Å²) in [6.07, 6.45) is 8.76. The molecule has 2 aromatic heterocycles. The van der Waals surface area contributed by atoms with E-state index >= 15 is 0 Å². The minimum Gasteiger partial charge on any atom is -0.467 e. The molecule has 2 aliphatic rings. The van der Waals surface area contributed by atoms with Gasteiger partial charge in [0.15, 0.2) is 0 Å². The van der Waals surface area contributed by atoms with Gasteiger partial charge in [0, 0.05) is 24.9 Å². The summed E-state index contributed by atoms with van der Waals surface area (Å²) in [6.45, 7) is 0.683. The van der Waals surface area contributed by atoms with Crippen LogP contribution in [0, 0.1) is 0 Å². The molecule has 0 bridgehead atoms. The first-order chi connectivity index (χ1) is 12.2. The van der Waals surface area contributed by atoms with E-state index in [0.717, 1.165) is 31.5 Å². The average Bonchev–Trinajstić information content (AvgIpc) is 3.12. The molecule has 0 spiro atoms. The molecule has 3 heterocycles. The first-order valence-corrected chi connectivity index (χ1v) is 8.82. The lowest BCUT2D eigenvalue weighted by Gasteiger charge is -2.26. The zero-order valence-corrected chi connectivity index (χ0v) is 14.0. The van der Waals surface area contributed by atoms with Gasteiger partial charge in [0.1, 0.15) is 17.7 Å². The minimum absolute atomic E-state index is 0.00763. The van der Waals surface area contributed by atoms with E-state index in [1.165, 1.54) is 0 Å². The van der Waals surface area contributed by atoms with Crippen molar-refractivity contribution >= 4 is 11.7 Å². The van der Waals surface area contributed by atoms with Gasteiger partial charge >= 0.3 is 6.03 Å². The first kappa shape index (κ1) is 16.1. The predicted octanol–water partition coefficient (Wildman–Crippen LogP) is 3.07. The quantitative estimate of drug-likeness (QED) is 0.871. The van der Waals surface area contributed by atoms with Crippen molar-refractivity contribution in [1.29, 1.82) is 0 Å². The largest absolute Gasteiger partial charge is 0.467 e. The minimum atomic E-state index is -0.699. The maximum atomic E-state index is 12.6. The number of nitrogens with zero attached hydrogens (tertiary/aromatic N) is 3. The molecule has 1 aliphatic heterocycles. The molecule has 2 aromatic rings. The number of furan rings is 1. The number of hydrogen-bond donors (Lipinski definition) is 2. The van der Waals surface area contributed by atoms with E-state index < -0.39 is 6.10 Å². The molecule has 132 valence electrons. The highest BCUT2D eigenvalue weighted by molar-refractivity contribution is 5.89. The van der Waals surface area contributed by atoms with Gasteiger partial charge in [-0.3, -0.25) is 0 Å². The van der Waals surface area contributed by atoms with E-state index in [-0.39, 0.29) is 12.1 Å².